The zero-order chi connectivity index (χ0) is 13.3. The largest absolute Gasteiger partial charge is 0.378 e. The Kier molecular flexibility index (Phi) is 3.89. The van der Waals surface area contributed by atoms with Gasteiger partial charge < -0.3 is 15.2 Å². The topological polar surface area (TPSA) is 44.5 Å². The number of rotatable bonds is 2. The Labute approximate surface area is 117 Å². The molecule has 0 radical (unpaired) electrons. The van der Waals surface area contributed by atoms with Gasteiger partial charge in [0.15, 0.2) is 0 Å². The van der Waals surface area contributed by atoms with Gasteiger partial charge in [0.05, 0.1) is 12.2 Å². The van der Waals surface area contributed by atoms with Crippen LogP contribution in [0.15, 0.2) is 0 Å². The first-order chi connectivity index (χ1) is 9.19. The number of nitrogens with two attached hydrogens (primary N) is 1. The van der Waals surface area contributed by atoms with Crippen LogP contribution in [0.25, 0.3) is 0 Å². The molecule has 2 N–H and O–H groups in total. The van der Waals surface area contributed by atoms with E-state index < -0.39 is 0 Å². The Hall–Kier alpha value is -0.120. The fraction of sp³-hybridized carbons (Fsp3) is 1.00. The van der Waals surface area contributed by atoms with E-state index in [0.717, 1.165) is 39.1 Å². The third-order valence-corrected chi connectivity index (χ3v) is 5.99. The normalized spacial score (nSPS) is 47.7. The summed E-state index contributed by atoms with van der Waals surface area (Å²) in [5.74, 6) is 1.34. The Morgan fingerprint density at radius 3 is 2.79 bits per heavy atom. The van der Waals surface area contributed by atoms with E-state index in [4.69, 9.17) is 15.2 Å². The van der Waals surface area contributed by atoms with E-state index in [2.05, 4.69) is 6.92 Å². The molecule has 2 heterocycles. The van der Waals surface area contributed by atoms with Crippen LogP contribution in [-0.2, 0) is 9.47 Å². The van der Waals surface area contributed by atoms with Crippen LogP contribution in [0.3, 0.4) is 0 Å². The highest BCUT2D eigenvalue weighted by molar-refractivity contribution is 5.03. The standard InChI is InChI=1S/C16H29NO2/c1-2-13-5-3-4-7-16(13,17)14-6-9-19-15(11-14)8-10-18-12-15/h13-14H,2-12,17H2,1H3. The van der Waals surface area contributed by atoms with Crippen LogP contribution in [0.5, 0.6) is 0 Å². The Bertz CT molecular complexity index is 314. The number of hydrogen-bond acceptors (Lipinski definition) is 3. The molecule has 2 aliphatic heterocycles. The third kappa shape index (κ3) is 2.45. The van der Waals surface area contributed by atoms with E-state index in [1.165, 1.54) is 32.1 Å². The summed E-state index contributed by atoms with van der Waals surface area (Å²) in [5.41, 5.74) is 7.01. The van der Waals surface area contributed by atoms with Crippen LogP contribution < -0.4 is 5.73 Å². The highest BCUT2D eigenvalue weighted by Crippen LogP contribution is 2.47. The molecule has 4 atom stereocenters. The van der Waals surface area contributed by atoms with Gasteiger partial charge in [-0.25, -0.2) is 0 Å². The molecule has 3 rings (SSSR count). The summed E-state index contributed by atoms with van der Waals surface area (Å²) in [6, 6.07) is 0. The molecule has 3 heteroatoms. The Balaban J connectivity index is 1.76. The van der Waals surface area contributed by atoms with E-state index in [9.17, 15) is 0 Å². The summed E-state index contributed by atoms with van der Waals surface area (Å²) in [6.07, 6.45) is 9.80. The van der Waals surface area contributed by atoms with Gasteiger partial charge in [-0.15, -0.1) is 0 Å². The predicted octanol–water partition coefficient (Wildman–Crippen LogP) is 2.87. The number of hydrogen-bond donors (Lipinski definition) is 1. The van der Waals surface area contributed by atoms with Crippen LogP contribution in [0, 0.1) is 11.8 Å². The molecule has 0 aromatic carbocycles. The van der Waals surface area contributed by atoms with Crippen LogP contribution in [0.2, 0.25) is 0 Å². The van der Waals surface area contributed by atoms with Gasteiger partial charge in [-0.2, -0.15) is 0 Å². The molecule has 1 aliphatic carbocycles. The maximum Gasteiger partial charge on any atom is 0.0940 e. The van der Waals surface area contributed by atoms with Gasteiger partial charge in [0, 0.05) is 25.2 Å². The van der Waals surface area contributed by atoms with Crippen molar-refractivity contribution in [2.24, 2.45) is 17.6 Å². The molecule has 3 nitrogen and oxygen atoms in total. The van der Waals surface area contributed by atoms with Gasteiger partial charge >= 0.3 is 0 Å². The highest BCUT2D eigenvalue weighted by atomic mass is 16.6. The van der Waals surface area contributed by atoms with Gasteiger partial charge in [0.1, 0.15) is 0 Å². The van der Waals surface area contributed by atoms with E-state index in [1.807, 2.05) is 0 Å². The maximum atomic E-state index is 6.94. The zero-order valence-corrected chi connectivity index (χ0v) is 12.3. The van der Waals surface area contributed by atoms with Crippen molar-refractivity contribution in [2.75, 3.05) is 19.8 Å². The highest BCUT2D eigenvalue weighted by Gasteiger charge is 2.49. The van der Waals surface area contributed by atoms with E-state index >= 15 is 0 Å². The molecule has 3 aliphatic rings. The van der Waals surface area contributed by atoms with Gasteiger partial charge in [0.2, 0.25) is 0 Å². The molecule has 0 aromatic rings. The molecule has 1 spiro atoms. The van der Waals surface area contributed by atoms with Crippen LogP contribution in [0.1, 0.15) is 58.3 Å². The first kappa shape index (κ1) is 13.8. The fourth-order valence-corrected chi connectivity index (χ4v) is 4.77. The van der Waals surface area contributed by atoms with Crippen molar-refractivity contribution in [1.82, 2.24) is 0 Å². The summed E-state index contributed by atoms with van der Waals surface area (Å²) in [5, 5.41) is 0. The first-order valence-electron chi connectivity index (χ1n) is 8.19. The lowest BCUT2D eigenvalue weighted by molar-refractivity contribution is -0.117. The minimum absolute atomic E-state index is 0.00499. The lowest BCUT2D eigenvalue weighted by Crippen LogP contribution is -2.58. The summed E-state index contributed by atoms with van der Waals surface area (Å²) in [7, 11) is 0. The van der Waals surface area contributed by atoms with E-state index in [0.29, 0.717) is 11.8 Å². The SMILES string of the molecule is CCC1CCCCC1(N)C1CCOC2(CCOC2)C1. The molecular weight excluding hydrogens is 238 g/mol. The van der Waals surface area contributed by atoms with Crippen molar-refractivity contribution < 1.29 is 9.47 Å². The quantitative estimate of drug-likeness (QED) is 0.836. The van der Waals surface area contributed by atoms with Crippen molar-refractivity contribution in [2.45, 2.75) is 69.4 Å². The minimum atomic E-state index is 0.00499. The van der Waals surface area contributed by atoms with Gasteiger partial charge in [-0.05, 0) is 37.5 Å². The molecule has 4 unspecified atom stereocenters. The van der Waals surface area contributed by atoms with Crippen LogP contribution in [0.4, 0.5) is 0 Å². The molecule has 3 fully saturated rings. The summed E-state index contributed by atoms with van der Waals surface area (Å²) < 4.78 is 11.7. The van der Waals surface area contributed by atoms with Crippen molar-refractivity contribution in [3.8, 4) is 0 Å². The molecule has 1 saturated carbocycles. The minimum Gasteiger partial charge on any atom is -0.378 e. The van der Waals surface area contributed by atoms with Crippen molar-refractivity contribution in [3.63, 3.8) is 0 Å². The lowest BCUT2D eigenvalue weighted by Gasteiger charge is -2.51. The van der Waals surface area contributed by atoms with Gasteiger partial charge in [-0.3, -0.25) is 0 Å². The second kappa shape index (κ2) is 5.34. The molecule has 0 bridgehead atoms. The molecule has 0 amide bonds. The second-order valence-corrected chi connectivity index (χ2v) is 6.99. The van der Waals surface area contributed by atoms with Crippen LogP contribution in [-0.4, -0.2) is 31.0 Å². The van der Waals surface area contributed by atoms with Crippen molar-refractivity contribution >= 4 is 0 Å². The first-order valence-corrected chi connectivity index (χ1v) is 8.19. The van der Waals surface area contributed by atoms with E-state index in [-0.39, 0.29) is 11.1 Å². The molecule has 0 aromatic heterocycles. The molecule has 2 saturated heterocycles. The average Bonchev–Trinajstić information content (AvgIpc) is 2.87. The lowest BCUT2D eigenvalue weighted by atomic mass is 9.61. The third-order valence-electron chi connectivity index (χ3n) is 5.99. The summed E-state index contributed by atoms with van der Waals surface area (Å²) >= 11 is 0. The van der Waals surface area contributed by atoms with E-state index in [1.54, 1.807) is 0 Å². The van der Waals surface area contributed by atoms with Crippen molar-refractivity contribution in [1.29, 1.82) is 0 Å². The summed E-state index contributed by atoms with van der Waals surface area (Å²) in [4.78, 5) is 0. The maximum absolute atomic E-state index is 6.94. The van der Waals surface area contributed by atoms with Gasteiger partial charge in [0.25, 0.3) is 0 Å². The van der Waals surface area contributed by atoms with Gasteiger partial charge in [-0.1, -0.05) is 26.2 Å². The monoisotopic (exact) mass is 267 g/mol. The molecular formula is C16H29NO2. The smallest absolute Gasteiger partial charge is 0.0940 e. The predicted molar refractivity (Wildman–Crippen MR) is 76.0 cm³/mol. The molecule has 110 valence electrons. The Morgan fingerprint density at radius 2 is 2.05 bits per heavy atom. The summed E-state index contributed by atoms with van der Waals surface area (Å²) in [6.45, 7) is 4.84. The fourth-order valence-electron chi connectivity index (χ4n) is 4.77. The zero-order valence-electron chi connectivity index (χ0n) is 12.3. The second-order valence-electron chi connectivity index (χ2n) is 6.99. The average molecular weight is 267 g/mol. The van der Waals surface area contributed by atoms with Crippen LogP contribution >= 0.6 is 0 Å². The number of ether oxygens (including phenoxy) is 2. The molecule has 19 heavy (non-hydrogen) atoms. The van der Waals surface area contributed by atoms with Crippen molar-refractivity contribution in [3.05, 3.63) is 0 Å². The Morgan fingerprint density at radius 1 is 1.16 bits per heavy atom.